The minimum Gasteiger partial charge on any atom is -0.272 e. The van der Waals surface area contributed by atoms with Gasteiger partial charge in [0, 0.05) is 18.3 Å². The number of rotatable bonds is 2. The van der Waals surface area contributed by atoms with Crippen molar-refractivity contribution in [2.75, 3.05) is 0 Å². The first-order valence-corrected chi connectivity index (χ1v) is 5.08. The molecule has 1 aliphatic carbocycles. The summed E-state index contributed by atoms with van der Waals surface area (Å²) in [7, 11) is 1.58. The van der Waals surface area contributed by atoms with Crippen LogP contribution in [-0.4, -0.2) is 9.78 Å². The van der Waals surface area contributed by atoms with E-state index in [4.69, 9.17) is 0 Å². The summed E-state index contributed by atoms with van der Waals surface area (Å²) in [6.45, 7) is 1.86. The van der Waals surface area contributed by atoms with Crippen LogP contribution in [0.25, 0.3) is 0 Å². The van der Waals surface area contributed by atoms with E-state index >= 15 is 0 Å². The van der Waals surface area contributed by atoms with Gasteiger partial charge in [0.05, 0.1) is 0 Å². The molecule has 0 bridgehead atoms. The van der Waals surface area contributed by atoms with E-state index in [9.17, 15) is 13.2 Å². The predicted octanol–water partition coefficient (Wildman–Crippen LogP) is 2.88. The van der Waals surface area contributed by atoms with Crippen molar-refractivity contribution in [3.05, 3.63) is 17.0 Å². The summed E-state index contributed by atoms with van der Waals surface area (Å²) in [6.07, 6.45) is -1.99. The molecule has 1 heterocycles. The lowest BCUT2D eigenvalue weighted by Gasteiger charge is -2.06. The molecule has 0 aromatic carbocycles. The summed E-state index contributed by atoms with van der Waals surface area (Å²) < 4.78 is 39.4. The first kappa shape index (κ1) is 10.5. The predicted molar refractivity (Wildman–Crippen MR) is 49.6 cm³/mol. The maximum atomic E-state index is 12.7. The first-order valence-electron chi connectivity index (χ1n) is 5.08. The zero-order chi connectivity index (χ0) is 11.2. The lowest BCUT2D eigenvalue weighted by molar-refractivity contribution is -0.142. The lowest BCUT2D eigenvalue weighted by Crippen LogP contribution is -2.09. The van der Waals surface area contributed by atoms with E-state index in [1.165, 1.54) is 4.68 Å². The standard InChI is InChI=1S/C10H13F3N2/c1-3-7-8(6-4-5-6)9(10(11,12)13)14-15(7)2/h6H,3-5H2,1-2H3. The quantitative estimate of drug-likeness (QED) is 0.746. The summed E-state index contributed by atoms with van der Waals surface area (Å²) in [5.74, 6) is 0.0882. The van der Waals surface area contributed by atoms with Gasteiger partial charge >= 0.3 is 6.18 Å². The molecule has 1 aromatic rings. The zero-order valence-electron chi connectivity index (χ0n) is 8.73. The Hall–Kier alpha value is -1.00. The van der Waals surface area contributed by atoms with Crippen molar-refractivity contribution < 1.29 is 13.2 Å². The molecule has 1 fully saturated rings. The molecule has 0 atom stereocenters. The highest BCUT2D eigenvalue weighted by atomic mass is 19.4. The lowest BCUT2D eigenvalue weighted by atomic mass is 10.1. The topological polar surface area (TPSA) is 17.8 Å². The van der Waals surface area contributed by atoms with Gasteiger partial charge in [0.25, 0.3) is 0 Å². The minimum absolute atomic E-state index is 0.0882. The van der Waals surface area contributed by atoms with E-state index in [2.05, 4.69) is 5.10 Å². The van der Waals surface area contributed by atoms with E-state index in [1.54, 1.807) is 7.05 Å². The monoisotopic (exact) mass is 218 g/mol. The van der Waals surface area contributed by atoms with Crippen LogP contribution >= 0.6 is 0 Å². The second-order valence-corrected chi connectivity index (χ2v) is 3.96. The van der Waals surface area contributed by atoms with E-state index in [0.29, 0.717) is 12.0 Å². The van der Waals surface area contributed by atoms with E-state index in [1.807, 2.05) is 6.92 Å². The van der Waals surface area contributed by atoms with Crippen molar-refractivity contribution in [3.8, 4) is 0 Å². The fourth-order valence-electron chi connectivity index (χ4n) is 2.00. The third kappa shape index (κ3) is 1.75. The van der Waals surface area contributed by atoms with E-state index in [0.717, 1.165) is 18.5 Å². The van der Waals surface area contributed by atoms with Crippen LogP contribution < -0.4 is 0 Å². The molecular weight excluding hydrogens is 205 g/mol. The number of aryl methyl sites for hydroxylation is 1. The van der Waals surface area contributed by atoms with Gasteiger partial charge in [-0.25, -0.2) is 0 Å². The Morgan fingerprint density at radius 3 is 2.40 bits per heavy atom. The van der Waals surface area contributed by atoms with Gasteiger partial charge in [0.1, 0.15) is 0 Å². The SMILES string of the molecule is CCc1c(C2CC2)c(C(F)(F)F)nn1C. The Morgan fingerprint density at radius 2 is 2.00 bits per heavy atom. The summed E-state index contributed by atoms with van der Waals surface area (Å²) >= 11 is 0. The van der Waals surface area contributed by atoms with Crippen LogP contribution in [0.2, 0.25) is 0 Å². The molecule has 15 heavy (non-hydrogen) atoms. The molecule has 0 spiro atoms. The van der Waals surface area contributed by atoms with Gasteiger partial charge in [-0.2, -0.15) is 18.3 Å². The maximum absolute atomic E-state index is 12.7. The number of aromatic nitrogens is 2. The number of hydrogen-bond donors (Lipinski definition) is 0. The smallest absolute Gasteiger partial charge is 0.272 e. The number of halogens is 3. The first-order chi connectivity index (χ1) is 6.95. The average Bonchev–Trinajstić information content (AvgIpc) is 2.88. The Bertz CT molecular complexity index is 375. The van der Waals surface area contributed by atoms with Crippen molar-refractivity contribution >= 4 is 0 Å². The van der Waals surface area contributed by atoms with Gasteiger partial charge in [-0.15, -0.1) is 0 Å². The minimum atomic E-state index is -4.32. The molecule has 84 valence electrons. The van der Waals surface area contributed by atoms with Crippen LogP contribution in [-0.2, 0) is 19.6 Å². The number of nitrogens with zero attached hydrogens (tertiary/aromatic N) is 2. The highest BCUT2D eigenvalue weighted by Crippen LogP contribution is 2.47. The maximum Gasteiger partial charge on any atom is 0.435 e. The molecule has 0 amide bonds. The number of hydrogen-bond acceptors (Lipinski definition) is 1. The molecule has 2 nitrogen and oxygen atoms in total. The van der Waals surface area contributed by atoms with Crippen LogP contribution in [0.1, 0.15) is 42.6 Å². The van der Waals surface area contributed by atoms with Crippen LogP contribution in [0.5, 0.6) is 0 Å². The molecular formula is C10H13F3N2. The summed E-state index contributed by atoms with van der Waals surface area (Å²) in [5.41, 5.74) is 0.488. The molecule has 1 aromatic heterocycles. The van der Waals surface area contributed by atoms with Crippen LogP contribution in [0.3, 0.4) is 0 Å². The van der Waals surface area contributed by atoms with Crippen molar-refractivity contribution in [2.45, 2.75) is 38.3 Å². The largest absolute Gasteiger partial charge is 0.435 e. The Labute approximate surface area is 86.1 Å². The molecule has 0 saturated heterocycles. The van der Waals surface area contributed by atoms with Gasteiger partial charge in [-0.3, -0.25) is 4.68 Å². The van der Waals surface area contributed by atoms with Crippen LogP contribution in [0.15, 0.2) is 0 Å². The van der Waals surface area contributed by atoms with Gasteiger partial charge < -0.3 is 0 Å². The zero-order valence-corrected chi connectivity index (χ0v) is 8.73. The summed E-state index contributed by atoms with van der Waals surface area (Å²) in [4.78, 5) is 0. The summed E-state index contributed by atoms with van der Waals surface area (Å²) in [5, 5.41) is 3.61. The second kappa shape index (κ2) is 3.25. The van der Waals surface area contributed by atoms with Crippen molar-refractivity contribution in [2.24, 2.45) is 7.05 Å². The van der Waals surface area contributed by atoms with Crippen LogP contribution in [0, 0.1) is 0 Å². The average molecular weight is 218 g/mol. The molecule has 0 unspecified atom stereocenters. The van der Waals surface area contributed by atoms with E-state index in [-0.39, 0.29) is 5.92 Å². The summed E-state index contributed by atoms with van der Waals surface area (Å²) in [6, 6.07) is 0. The molecule has 5 heteroatoms. The molecule has 2 rings (SSSR count). The third-order valence-corrected chi connectivity index (χ3v) is 2.80. The second-order valence-electron chi connectivity index (χ2n) is 3.96. The normalized spacial score (nSPS) is 17.1. The highest BCUT2D eigenvalue weighted by molar-refractivity contribution is 5.35. The number of alkyl halides is 3. The van der Waals surface area contributed by atoms with Gasteiger partial charge in [-0.1, -0.05) is 6.92 Å². The van der Waals surface area contributed by atoms with Crippen molar-refractivity contribution in [3.63, 3.8) is 0 Å². The Balaban J connectivity index is 2.54. The van der Waals surface area contributed by atoms with Gasteiger partial charge in [0.15, 0.2) is 5.69 Å². The fraction of sp³-hybridized carbons (Fsp3) is 0.700. The molecule has 1 saturated carbocycles. The van der Waals surface area contributed by atoms with Gasteiger partial charge in [0.2, 0.25) is 0 Å². The molecule has 1 aliphatic rings. The Morgan fingerprint density at radius 1 is 1.40 bits per heavy atom. The fourth-order valence-corrected chi connectivity index (χ4v) is 2.00. The van der Waals surface area contributed by atoms with Crippen molar-refractivity contribution in [1.82, 2.24) is 9.78 Å². The Kier molecular flexibility index (Phi) is 2.28. The highest BCUT2D eigenvalue weighted by Gasteiger charge is 2.43. The van der Waals surface area contributed by atoms with E-state index < -0.39 is 11.9 Å². The third-order valence-electron chi connectivity index (χ3n) is 2.80. The molecule has 0 N–H and O–H groups in total. The molecule has 0 radical (unpaired) electrons. The van der Waals surface area contributed by atoms with Crippen molar-refractivity contribution in [1.29, 1.82) is 0 Å². The van der Waals surface area contributed by atoms with Gasteiger partial charge in [-0.05, 0) is 25.2 Å². The molecule has 0 aliphatic heterocycles. The van der Waals surface area contributed by atoms with Crippen LogP contribution in [0.4, 0.5) is 13.2 Å².